The molecule has 2 rings (SSSR count). The Labute approximate surface area is 104 Å². The van der Waals surface area contributed by atoms with Crippen LogP contribution in [-0.4, -0.2) is 35.7 Å². The van der Waals surface area contributed by atoms with Crippen LogP contribution in [0.5, 0.6) is 0 Å². The van der Waals surface area contributed by atoms with Gasteiger partial charge in [0.15, 0.2) is 5.54 Å². The molecule has 100 valence electrons. The summed E-state index contributed by atoms with van der Waals surface area (Å²) in [6.45, 7) is 0.317. The number of alkyl halides is 3. The van der Waals surface area contributed by atoms with E-state index in [0.29, 0.717) is 13.0 Å². The number of hydrogen-bond acceptors (Lipinski definition) is 3. The lowest BCUT2D eigenvalue weighted by Crippen LogP contribution is -2.61. The minimum absolute atomic E-state index is 0.0233. The van der Waals surface area contributed by atoms with Crippen LogP contribution in [0.1, 0.15) is 18.5 Å². The Morgan fingerprint density at radius 2 is 2.17 bits per heavy atom. The molecule has 2 N–H and O–H groups in total. The van der Waals surface area contributed by atoms with Crippen LogP contribution < -0.4 is 5.73 Å². The summed E-state index contributed by atoms with van der Waals surface area (Å²) in [5.74, 6) is 0. The number of aromatic nitrogens is 1. The third-order valence-corrected chi connectivity index (χ3v) is 3.60. The molecule has 3 nitrogen and oxygen atoms in total. The maximum absolute atomic E-state index is 13.6. The summed E-state index contributed by atoms with van der Waals surface area (Å²) >= 11 is 0. The van der Waals surface area contributed by atoms with Crippen LogP contribution >= 0.6 is 0 Å². The Kier molecular flexibility index (Phi) is 3.33. The number of nitrogens with zero attached hydrogens (tertiary/aromatic N) is 2. The lowest BCUT2D eigenvalue weighted by Gasteiger charge is -2.47. The van der Waals surface area contributed by atoms with E-state index in [1.54, 1.807) is 12.1 Å². The van der Waals surface area contributed by atoms with E-state index in [4.69, 9.17) is 5.73 Å². The number of hydrogen-bond donors (Lipinski definition) is 1. The van der Waals surface area contributed by atoms with Crippen molar-refractivity contribution in [1.29, 1.82) is 0 Å². The molecule has 0 aromatic carbocycles. The number of piperidine rings is 1. The second kappa shape index (κ2) is 4.51. The van der Waals surface area contributed by atoms with Gasteiger partial charge in [0.05, 0.1) is 5.69 Å². The molecule has 2 heterocycles. The van der Waals surface area contributed by atoms with E-state index >= 15 is 0 Å². The average Bonchev–Trinajstić information content (AvgIpc) is 2.32. The van der Waals surface area contributed by atoms with Gasteiger partial charge in [0, 0.05) is 18.8 Å². The van der Waals surface area contributed by atoms with E-state index in [-0.39, 0.29) is 12.1 Å². The Balaban J connectivity index is 2.53. The molecule has 1 aliphatic heterocycles. The molecular weight excluding hydrogens is 243 g/mol. The molecule has 0 amide bonds. The number of halogens is 3. The number of likely N-dealkylation sites (tertiary alicyclic amines) is 1. The lowest BCUT2D eigenvalue weighted by molar-refractivity contribution is -0.246. The molecule has 0 saturated carbocycles. The molecule has 0 spiro atoms. The SMILES string of the molecule is CN1CCC(N)CC1(c1ccccn1)C(F)(F)F. The molecule has 1 saturated heterocycles. The van der Waals surface area contributed by atoms with E-state index in [2.05, 4.69) is 4.98 Å². The molecule has 1 fully saturated rings. The maximum Gasteiger partial charge on any atom is 0.412 e. The van der Waals surface area contributed by atoms with Gasteiger partial charge in [0.1, 0.15) is 0 Å². The molecule has 1 aromatic heterocycles. The molecule has 0 aliphatic carbocycles. The largest absolute Gasteiger partial charge is 0.412 e. The summed E-state index contributed by atoms with van der Waals surface area (Å²) in [5, 5.41) is 0. The summed E-state index contributed by atoms with van der Waals surface area (Å²) in [6.07, 6.45) is -2.59. The van der Waals surface area contributed by atoms with E-state index in [0.717, 1.165) is 0 Å². The molecule has 2 atom stereocenters. The van der Waals surface area contributed by atoms with E-state index in [1.165, 1.54) is 24.2 Å². The first-order chi connectivity index (χ1) is 8.38. The van der Waals surface area contributed by atoms with Crippen molar-refractivity contribution in [2.75, 3.05) is 13.6 Å². The van der Waals surface area contributed by atoms with Gasteiger partial charge in [0.2, 0.25) is 0 Å². The third kappa shape index (κ3) is 1.99. The Hall–Kier alpha value is -1.14. The normalized spacial score (nSPS) is 30.4. The van der Waals surface area contributed by atoms with Crippen LogP contribution in [0.4, 0.5) is 13.2 Å². The number of nitrogens with two attached hydrogens (primary N) is 1. The highest BCUT2D eigenvalue weighted by Gasteiger charge is 2.61. The number of rotatable bonds is 1. The first-order valence-corrected chi connectivity index (χ1v) is 5.83. The van der Waals surface area contributed by atoms with Crippen LogP contribution in [0.15, 0.2) is 24.4 Å². The first-order valence-electron chi connectivity index (χ1n) is 5.83. The first kappa shape index (κ1) is 13.3. The van der Waals surface area contributed by atoms with Gasteiger partial charge in [-0.3, -0.25) is 9.88 Å². The van der Waals surface area contributed by atoms with Crippen LogP contribution in [-0.2, 0) is 5.54 Å². The van der Waals surface area contributed by atoms with Gasteiger partial charge < -0.3 is 5.73 Å². The van der Waals surface area contributed by atoms with Gasteiger partial charge in [-0.05, 0) is 32.0 Å². The molecular formula is C12H16F3N3. The van der Waals surface area contributed by atoms with Crippen molar-refractivity contribution in [3.63, 3.8) is 0 Å². The lowest BCUT2D eigenvalue weighted by atomic mass is 9.80. The highest BCUT2D eigenvalue weighted by Crippen LogP contribution is 2.47. The summed E-state index contributed by atoms with van der Waals surface area (Å²) in [6, 6.07) is 4.15. The van der Waals surface area contributed by atoms with Crippen LogP contribution in [0, 0.1) is 0 Å². The quantitative estimate of drug-likeness (QED) is 0.837. The van der Waals surface area contributed by atoms with Crippen molar-refractivity contribution < 1.29 is 13.2 Å². The van der Waals surface area contributed by atoms with Crippen molar-refractivity contribution in [2.24, 2.45) is 5.73 Å². The molecule has 1 aromatic rings. The Morgan fingerprint density at radius 1 is 1.44 bits per heavy atom. The fourth-order valence-electron chi connectivity index (χ4n) is 2.57. The monoisotopic (exact) mass is 259 g/mol. The summed E-state index contributed by atoms with van der Waals surface area (Å²) in [4.78, 5) is 5.23. The zero-order chi connectivity index (χ0) is 13.4. The van der Waals surface area contributed by atoms with Crippen LogP contribution in [0.2, 0.25) is 0 Å². The van der Waals surface area contributed by atoms with E-state index in [1.807, 2.05) is 0 Å². The molecule has 2 unspecified atom stereocenters. The van der Waals surface area contributed by atoms with Crippen molar-refractivity contribution >= 4 is 0 Å². The van der Waals surface area contributed by atoms with Gasteiger partial charge in [0.25, 0.3) is 0 Å². The van der Waals surface area contributed by atoms with Crippen molar-refractivity contribution in [1.82, 2.24) is 9.88 Å². The van der Waals surface area contributed by atoms with Gasteiger partial charge >= 0.3 is 6.18 Å². The Morgan fingerprint density at radius 3 is 2.72 bits per heavy atom. The van der Waals surface area contributed by atoms with Gasteiger partial charge in [-0.2, -0.15) is 13.2 Å². The van der Waals surface area contributed by atoms with Crippen molar-refractivity contribution in [3.05, 3.63) is 30.1 Å². The predicted molar refractivity (Wildman–Crippen MR) is 61.8 cm³/mol. The van der Waals surface area contributed by atoms with Crippen LogP contribution in [0.3, 0.4) is 0 Å². The van der Waals surface area contributed by atoms with Crippen molar-refractivity contribution in [2.45, 2.75) is 30.6 Å². The second-order valence-corrected chi connectivity index (χ2v) is 4.75. The van der Waals surface area contributed by atoms with Gasteiger partial charge in [-0.25, -0.2) is 0 Å². The molecule has 18 heavy (non-hydrogen) atoms. The summed E-state index contributed by atoms with van der Waals surface area (Å²) < 4.78 is 40.7. The zero-order valence-electron chi connectivity index (χ0n) is 10.1. The minimum atomic E-state index is -4.39. The summed E-state index contributed by atoms with van der Waals surface area (Å²) in [5.41, 5.74) is 3.71. The molecule has 0 radical (unpaired) electrons. The van der Waals surface area contributed by atoms with Crippen LogP contribution in [0.25, 0.3) is 0 Å². The Bertz CT molecular complexity index is 407. The van der Waals surface area contributed by atoms with Gasteiger partial charge in [-0.15, -0.1) is 0 Å². The zero-order valence-corrected chi connectivity index (χ0v) is 10.1. The maximum atomic E-state index is 13.6. The van der Waals surface area contributed by atoms with E-state index in [9.17, 15) is 13.2 Å². The fourth-order valence-corrected chi connectivity index (χ4v) is 2.57. The van der Waals surface area contributed by atoms with Gasteiger partial charge in [-0.1, -0.05) is 6.07 Å². The minimum Gasteiger partial charge on any atom is -0.328 e. The average molecular weight is 259 g/mol. The second-order valence-electron chi connectivity index (χ2n) is 4.75. The molecule has 0 bridgehead atoms. The highest BCUT2D eigenvalue weighted by molar-refractivity contribution is 5.21. The van der Waals surface area contributed by atoms with E-state index < -0.39 is 17.8 Å². The summed E-state index contributed by atoms with van der Waals surface area (Å²) in [7, 11) is 1.48. The molecule has 1 aliphatic rings. The topological polar surface area (TPSA) is 42.1 Å². The standard InChI is InChI=1S/C12H16F3N3/c1-18-7-5-9(16)8-11(18,12(13,14)15)10-4-2-3-6-17-10/h2-4,6,9H,5,7-8,16H2,1H3. The third-order valence-electron chi connectivity index (χ3n) is 3.60. The molecule has 6 heteroatoms. The highest BCUT2D eigenvalue weighted by atomic mass is 19.4. The smallest absolute Gasteiger partial charge is 0.328 e. The number of pyridine rings is 1. The predicted octanol–water partition coefficient (Wildman–Crippen LogP) is 1.89. The van der Waals surface area contributed by atoms with Crippen molar-refractivity contribution in [3.8, 4) is 0 Å². The fraction of sp³-hybridized carbons (Fsp3) is 0.583.